The molecule has 0 aliphatic carbocycles. The Kier molecular flexibility index (Phi) is 8.28. The molecule has 0 radical (unpaired) electrons. The minimum absolute atomic E-state index is 0.196. The third kappa shape index (κ3) is 7.68. The molecule has 0 unspecified atom stereocenters. The number of amides is 2. The Labute approximate surface area is 160 Å². The fraction of sp³-hybridized carbons (Fsp3) is 0.550. The van der Waals surface area contributed by atoms with E-state index in [-0.39, 0.29) is 23.8 Å². The Balaban J connectivity index is 3.39. The summed E-state index contributed by atoms with van der Waals surface area (Å²) >= 11 is 0. The van der Waals surface area contributed by atoms with Crippen molar-refractivity contribution >= 4 is 29.2 Å². The van der Waals surface area contributed by atoms with Gasteiger partial charge in [0.05, 0.1) is 18.0 Å². The predicted octanol–water partition coefficient (Wildman–Crippen LogP) is 4.13. The zero-order valence-electron chi connectivity index (χ0n) is 17.0. The van der Waals surface area contributed by atoms with Crippen LogP contribution < -0.4 is 15.4 Å². The maximum absolute atomic E-state index is 12.7. The van der Waals surface area contributed by atoms with Gasteiger partial charge in [-0.15, -0.1) is 0 Å². The number of benzene rings is 1. The van der Waals surface area contributed by atoms with Gasteiger partial charge in [0.1, 0.15) is 16.9 Å². The number of unbranched alkanes of at least 4 members (excludes halogenated alkanes) is 1. The summed E-state index contributed by atoms with van der Waals surface area (Å²) in [6.45, 7) is 10.8. The molecule has 7 heteroatoms. The molecule has 1 aromatic carbocycles. The van der Waals surface area contributed by atoms with E-state index < -0.39 is 11.6 Å². The molecule has 0 saturated heterocycles. The van der Waals surface area contributed by atoms with E-state index in [2.05, 4.69) is 10.6 Å². The van der Waals surface area contributed by atoms with Crippen LogP contribution in [0.15, 0.2) is 12.1 Å². The second kappa shape index (κ2) is 9.94. The van der Waals surface area contributed by atoms with Gasteiger partial charge in [-0.25, -0.2) is 4.79 Å². The summed E-state index contributed by atoms with van der Waals surface area (Å²) in [4.78, 5) is 36.0. The van der Waals surface area contributed by atoms with Gasteiger partial charge < -0.3 is 20.1 Å². The number of carbonyl (C=O) groups is 3. The molecule has 2 amide bonds. The number of hydrogen-bond donors (Lipinski definition) is 2. The quantitative estimate of drug-likeness (QED) is 0.524. The second-order valence-corrected chi connectivity index (χ2v) is 7.18. The van der Waals surface area contributed by atoms with E-state index in [0.29, 0.717) is 23.7 Å². The number of anilines is 2. The minimum Gasteiger partial charge on any atom is -0.493 e. The van der Waals surface area contributed by atoms with Crippen LogP contribution in [0, 0.1) is 0 Å². The van der Waals surface area contributed by atoms with Gasteiger partial charge in [-0.2, -0.15) is 0 Å². The highest BCUT2D eigenvalue weighted by atomic mass is 16.6. The summed E-state index contributed by atoms with van der Waals surface area (Å²) in [7, 11) is 0. The highest BCUT2D eigenvalue weighted by Gasteiger charge is 2.24. The summed E-state index contributed by atoms with van der Waals surface area (Å²) < 4.78 is 11.2. The molecule has 0 saturated carbocycles. The first-order valence-corrected chi connectivity index (χ1v) is 9.19. The molecule has 0 spiro atoms. The van der Waals surface area contributed by atoms with Crippen molar-refractivity contribution in [3.8, 4) is 5.75 Å². The number of ether oxygens (including phenoxy) is 2. The third-order valence-corrected chi connectivity index (χ3v) is 3.40. The molecule has 27 heavy (non-hydrogen) atoms. The average molecular weight is 378 g/mol. The lowest BCUT2D eigenvalue weighted by atomic mass is 10.1. The number of nitrogens with one attached hydrogen (secondary N) is 2. The van der Waals surface area contributed by atoms with Crippen molar-refractivity contribution in [3.63, 3.8) is 0 Å². The van der Waals surface area contributed by atoms with E-state index in [1.165, 1.54) is 13.0 Å². The molecule has 150 valence electrons. The number of rotatable bonds is 8. The van der Waals surface area contributed by atoms with Crippen LogP contribution in [0.4, 0.5) is 11.4 Å². The van der Waals surface area contributed by atoms with E-state index in [0.717, 1.165) is 12.8 Å². The Bertz CT molecular complexity index is 692. The van der Waals surface area contributed by atoms with Crippen LogP contribution in [0.3, 0.4) is 0 Å². The van der Waals surface area contributed by atoms with Gasteiger partial charge in [-0.3, -0.25) is 9.59 Å². The SMILES string of the molecule is CCCCOc1cc(NC(C)=O)c(NC(=O)CC)cc1C(=O)OC(C)(C)C. The topological polar surface area (TPSA) is 93.7 Å². The summed E-state index contributed by atoms with van der Waals surface area (Å²) in [5.41, 5.74) is 0.200. The molecule has 0 heterocycles. The minimum atomic E-state index is -0.680. The fourth-order valence-electron chi connectivity index (χ4n) is 2.15. The van der Waals surface area contributed by atoms with E-state index in [9.17, 15) is 14.4 Å². The molecular formula is C20H30N2O5. The Morgan fingerprint density at radius 1 is 1.04 bits per heavy atom. The fourth-order valence-corrected chi connectivity index (χ4v) is 2.15. The maximum atomic E-state index is 12.7. The van der Waals surface area contributed by atoms with Crippen molar-refractivity contribution < 1.29 is 23.9 Å². The van der Waals surface area contributed by atoms with Crippen LogP contribution in [-0.2, 0) is 14.3 Å². The Morgan fingerprint density at radius 3 is 2.19 bits per heavy atom. The van der Waals surface area contributed by atoms with Crippen LogP contribution in [0.1, 0.15) is 71.2 Å². The zero-order valence-corrected chi connectivity index (χ0v) is 17.0. The summed E-state index contributed by atoms with van der Waals surface area (Å²) in [5.74, 6) is -0.797. The average Bonchev–Trinajstić information content (AvgIpc) is 2.54. The van der Waals surface area contributed by atoms with Crippen LogP contribution in [0.2, 0.25) is 0 Å². The smallest absolute Gasteiger partial charge is 0.342 e. The van der Waals surface area contributed by atoms with Crippen LogP contribution in [-0.4, -0.2) is 30.0 Å². The molecular weight excluding hydrogens is 348 g/mol. The number of hydrogen-bond acceptors (Lipinski definition) is 5. The summed E-state index contributed by atoms with van der Waals surface area (Å²) in [5, 5.41) is 5.36. The van der Waals surface area contributed by atoms with Crippen molar-refractivity contribution in [2.24, 2.45) is 0 Å². The van der Waals surface area contributed by atoms with Crippen molar-refractivity contribution in [1.82, 2.24) is 0 Å². The largest absolute Gasteiger partial charge is 0.493 e. The van der Waals surface area contributed by atoms with Crippen molar-refractivity contribution in [3.05, 3.63) is 17.7 Å². The van der Waals surface area contributed by atoms with Crippen molar-refractivity contribution in [1.29, 1.82) is 0 Å². The Hall–Kier alpha value is -2.57. The molecule has 7 nitrogen and oxygen atoms in total. The molecule has 0 bridgehead atoms. The van der Waals surface area contributed by atoms with E-state index in [1.54, 1.807) is 33.8 Å². The van der Waals surface area contributed by atoms with Crippen LogP contribution in [0.5, 0.6) is 5.75 Å². The van der Waals surface area contributed by atoms with E-state index >= 15 is 0 Å². The first-order valence-electron chi connectivity index (χ1n) is 9.19. The first kappa shape index (κ1) is 22.5. The van der Waals surface area contributed by atoms with Gasteiger partial charge in [-0.05, 0) is 33.3 Å². The first-order chi connectivity index (χ1) is 12.6. The number of carbonyl (C=O) groups excluding carboxylic acids is 3. The normalized spacial score (nSPS) is 10.9. The monoisotopic (exact) mass is 378 g/mol. The standard InChI is InChI=1S/C20H30N2O5/c1-7-9-10-26-17-12-16(21-13(3)23)15(22-18(24)8-2)11-14(17)19(25)27-20(4,5)6/h11-12H,7-10H2,1-6H3,(H,21,23)(H,22,24). The van der Waals surface area contributed by atoms with Crippen LogP contribution in [0.25, 0.3) is 0 Å². The highest BCUT2D eigenvalue weighted by molar-refractivity contribution is 6.03. The van der Waals surface area contributed by atoms with Gasteiger partial charge in [0.15, 0.2) is 0 Å². The lowest BCUT2D eigenvalue weighted by Crippen LogP contribution is -2.24. The molecule has 2 N–H and O–H groups in total. The molecule has 1 aromatic rings. The lowest BCUT2D eigenvalue weighted by Gasteiger charge is -2.22. The van der Waals surface area contributed by atoms with Crippen LogP contribution >= 0.6 is 0 Å². The highest BCUT2D eigenvalue weighted by Crippen LogP contribution is 2.33. The van der Waals surface area contributed by atoms with E-state index in [1.807, 2.05) is 6.92 Å². The summed E-state index contributed by atoms with van der Waals surface area (Å²) in [6, 6.07) is 3.02. The molecule has 1 rings (SSSR count). The van der Waals surface area contributed by atoms with Gasteiger partial charge in [-0.1, -0.05) is 20.3 Å². The van der Waals surface area contributed by atoms with Gasteiger partial charge in [0, 0.05) is 19.4 Å². The second-order valence-electron chi connectivity index (χ2n) is 7.18. The van der Waals surface area contributed by atoms with Gasteiger partial charge >= 0.3 is 5.97 Å². The van der Waals surface area contributed by atoms with Gasteiger partial charge in [0.2, 0.25) is 11.8 Å². The lowest BCUT2D eigenvalue weighted by molar-refractivity contribution is -0.116. The van der Waals surface area contributed by atoms with Gasteiger partial charge in [0.25, 0.3) is 0 Å². The predicted molar refractivity (Wildman–Crippen MR) is 105 cm³/mol. The molecule has 0 aliphatic rings. The third-order valence-electron chi connectivity index (χ3n) is 3.40. The van der Waals surface area contributed by atoms with E-state index in [4.69, 9.17) is 9.47 Å². The molecule has 0 fully saturated rings. The maximum Gasteiger partial charge on any atom is 0.342 e. The zero-order chi connectivity index (χ0) is 20.6. The number of esters is 1. The van der Waals surface area contributed by atoms with Crippen molar-refractivity contribution in [2.75, 3.05) is 17.2 Å². The molecule has 0 aliphatic heterocycles. The Morgan fingerprint density at radius 2 is 1.67 bits per heavy atom. The molecule has 0 atom stereocenters. The van der Waals surface area contributed by atoms with Crippen molar-refractivity contribution in [2.45, 2.75) is 66.4 Å². The summed E-state index contributed by atoms with van der Waals surface area (Å²) in [6.07, 6.45) is 2.01. The molecule has 0 aromatic heterocycles.